The van der Waals surface area contributed by atoms with Crippen molar-refractivity contribution in [1.82, 2.24) is 5.32 Å². The number of fused-ring (bicyclic) bond motifs is 9. The fourth-order valence-corrected chi connectivity index (χ4v) is 10.4. The Morgan fingerprint density at radius 2 is 0.967 bits per heavy atom. The van der Waals surface area contributed by atoms with Crippen molar-refractivity contribution in [2.45, 2.75) is 44.7 Å². The Hall–Kier alpha value is -6.80. The summed E-state index contributed by atoms with van der Waals surface area (Å²) in [4.78, 5) is 0. The summed E-state index contributed by atoms with van der Waals surface area (Å²) in [7, 11) is 0. The topological polar surface area (TPSA) is 12.0 Å². The minimum atomic E-state index is -0.0605. The van der Waals surface area contributed by atoms with Crippen LogP contribution in [0.25, 0.3) is 71.3 Å². The van der Waals surface area contributed by atoms with Gasteiger partial charge in [-0.2, -0.15) is 0 Å². The van der Waals surface area contributed by atoms with E-state index in [9.17, 15) is 0 Å². The van der Waals surface area contributed by atoms with Crippen LogP contribution in [0.3, 0.4) is 0 Å². The van der Waals surface area contributed by atoms with Crippen molar-refractivity contribution in [3.63, 3.8) is 0 Å². The molecule has 60 heavy (non-hydrogen) atoms. The molecule has 0 aromatic heterocycles. The number of hydrogen-bond donors (Lipinski definition) is 1. The highest BCUT2D eigenvalue weighted by molar-refractivity contribution is 6.25. The molecule has 1 aliphatic carbocycles. The molecular formula is C59H47N. The van der Waals surface area contributed by atoms with Gasteiger partial charge in [-0.3, -0.25) is 5.32 Å². The van der Waals surface area contributed by atoms with Gasteiger partial charge in [0.2, 0.25) is 0 Å². The first-order valence-corrected chi connectivity index (χ1v) is 21.3. The molecule has 2 unspecified atom stereocenters. The number of nitrogens with one attached hydrogen (secondary N) is 1. The van der Waals surface area contributed by atoms with Crippen molar-refractivity contribution >= 4 is 37.9 Å². The molecule has 0 saturated carbocycles. The van der Waals surface area contributed by atoms with Gasteiger partial charge >= 0.3 is 0 Å². The van der Waals surface area contributed by atoms with Crippen LogP contribution in [0.4, 0.5) is 0 Å². The van der Waals surface area contributed by atoms with Crippen LogP contribution in [0.15, 0.2) is 206 Å². The summed E-state index contributed by atoms with van der Waals surface area (Å²) in [6, 6.07) is 69.7. The normalized spacial score (nSPS) is 17.2. The lowest BCUT2D eigenvalue weighted by Gasteiger charge is -2.27. The SMILES string of the molecule is C=C1CC(c2cccc(-c3ccccc3)c2)=C(C)C(c2ccc(-c3ccc4c(c3)C(C)(C)c3ccccc3-4)cc2)NC1c1ccc2c3ccccc3c3ccccc3c2c1. The molecule has 2 aliphatic rings. The van der Waals surface area contributed by atoms with E-state index in [4.69, 9.17) is 6.58 Å². The van der Waals surface area contributed by atoms with Crippen LogP contribution in [0.1, 0.15) is 67.1 Å². The van der Waals surface area contributed by atoms with Crippen molar-refractivity contribution in [2.24, 2.45) is 0 Å². The van der Waals surface area contributed by atoms with Crippen molar-refractivity contribution in [1.29, 1.82) is 0 Å². The molecule has 0 spiro atoms. The van der Waals surface area contributed by atoms with Gasteiger partial charge in [0.15, 0.2) is 0 Å². The third kappa shape index (κ3) is 5.87. The lowest BCUT2D eigenvalue weighted by molar-refractivity contribution is 0.535. The van der Waals surface area contributed by atoms with E-state index < -0.39 is 0 Å². The molecule has 0 fully saturated rings. The van der Waals surface area contributed by atoms with Crippen molar-refractivity contribution in [3.8, 4) is 33.4 Å². The van der Waals surface area contributed by atoms with Crippen LogP contribution in [0.2, 0.25) is 0 Å². The van der Waals surface area contributed by atoms with Gasteiger partial charge < -0.3 is 0 Å². The van der Waals surface area contributed by atoms with Gasteiger partial charge in [0.05, 0.1) is 12.1 Å². The Morgan fingerprint density at radius 1 is 0.433 bits per heavy atom. The van der Waals surface area contributed by atoms with E-state index in [0.29, 0.717) is 0 Å². The van der Waals surface area contributed by atoms with Gasteiger partial charge in [0.25, 0.3) is 0 Å². The Balaban J connectivity index is 1.02. The van der Waals surface area contributed by atoms with Gasteiger partial charge in [-0.15, -0.1) is 0 Å². The summed E-state index contributed by atoms with van der Waals surface area (Å²) in [5.41, 5.74) is 18.0. The van der Waals surface area contributed by atoms with Crippen LogP contribution >= 0.6 is 0 Å². The molecule has 1 heteroatoms. The molecule has 1 nitrogen and oxygen atoms in total. The van der Waals surface area contributed by atoms with Gasteiger partial charge in [0, 0.05) is 5.41 Å². The quantitative estimate of drug-likeness (QED) is 0.136. The van der Waals surface area contributed by atoms with Gasteiger partial charge in [-0.25, -0.2) is 0 Å². The van der Waals surface area contributed by atoms with Crippen molar-refractivity contribution in [3.05, 3.63) is 234 Å². The van der Waals surface area contributed by atoms with Crippen molar-refractivity contribution in [2.75, 3.05) is 0 Å². The van der Waals surface area contributed by atoms with Crippen molar-refractivity contribution < 1.29 is 0 Å². The molecule has 1 N–H and O–H groups in total. The smallest absolute Gasteiger partial charge is 0.0546 e. The zero-order chi connectivity index (χ0) is 40.5. The molecule has 2 atom stereocenters. The Morgan fingerprint density at radius 3 is 1.70 bits per heavy atom. The summed E-state index contributed by atoms with van der Waals surface area (Å²) in [5.74, 6) is 0. The first-order valence-electron chi connectivity index (χ1n) is 21.3. The minimum Gasteiger partial charge on any atom is -0.296 e. The highest BCUT2D eigenvalue weighted by Crippen LogP contribution is 2.50. The predicted octanol–water partition coefficient (Wildman–Crippen LogP) is 15.6. The zero-order valence-corrected chi connectivity index (χ0v) is 34.5. The lowest BCUT2D eigenvalue weighted by Crippen LogP contribution is -2.27. The monoisotopic (exact) mass is 769 g/mol. The highest BCUT2D eigenvalue weighted by Gasteiger charge is 2.35. The fourth-order valence-electron chi connectivity index (χ4n) is 10.4. The Bertz CT molecular complexity index is 3160. The van der Waals surface area contributed by atoms with E-state index in [1.54, 1.807) is 0 Å². The van der Waals surface area contributed by atoms with E-state index in [1.165, 1.54) is 110 Å². The van der Waals surface area contributed by atoms with E-state index in [0.717, 1.165) is 6.42 Å². The number of benzene rings is 9. The highest BCUT2D eigenvalue weighted by atomic mass is 15.0. The minimum absolute atomic E-state index is 0.0313. The van der Waals surface area contributed by atoms with Gasteiger partial charge in [0.1, 0.15) is 0 Å². The van der Waals surface area contributed by atoms with Crippen LogP contribution in [-0.4, -0.2) is 0 Å². The van der Waals surface area contributed by atoms with Crippen LogP contribution in [0.5, 0.6) is 0 Å². The first-order chi connectivity index (χ1) is 29.3. The third-order valence-electron chi connectivity index (χ3n) is 13.6. The molecule has 0 amide bonds. The maximum absolute atomic E-state index is 4.86. The molecule has 1 aliphatic heterocycles. The van der Waals surface area contributed by atoms with Gasteiger partial charge in [-0.1, -0.05) is 196 Å². The molecule has 11 rings (SSSR count). The first kappa shape index (κ1) is 36.3. The molecule has 0 radical (unpaired) electrons. The van der Waals surface area contributed by atoms with Crippen LogP contribution in [0, 0.1) is 0 Å². The largest absolute Gasteiger partial charge is 0.296 e. The molecular weight excluding hydrogens is 723 g/mol. The summed E-state index contributed by atoms with van der Waals surface area (Å²) >= 11 is 0. The number of rotatable bonds is 5. The maximum Gasteiger partial charge on any atom is 0.0546 e. The molecule has 9 aromatic carbocycles. The molecule has 0 saturated heterocycles. The van der Waals surface area contributed by atoms with E-state index in [2.05, 4.69) is 214 Å². The summed E-state index contributed by atoms with van der Waals surface area (Å²) < 4.78 is 0. The summed E-state index contributed by atoms with van der Waals surface area (Å²) in [6.07, 6.45) is 0.778. The number of allylic oxidation sites excluding steroid dienone is 1. The molecule has 9 aromatic rings. The maximum atomic E-state index is 4.86. The Labute approximate surface area is 353 Å². The average Bonchev–Trinajstić information content (AvgIpc) is 3.44. The molecule has 1 heterocycles. The second kappa shape index (κ2) is 14.2. The molecule has 0 bridgehead atoms. The fraction of sp³-hybridized carbons (Fsp3) is 0.119. The second-order valence-electron chi connectivity index (χ2n) is 17.4. The Kier molecular flexibility index (Phi) is 8.58. The summed E-state index contributed by atoms with van der Waals surface area (Å²) in [6.45, 7) is 11.9. The number of hydrogen-bond acceptors (Lipinski definition) is 1. The molecule has 288 valence electrons. The predicted molar refractivity (Wildman–Crippen MR) is 255 cm³/mol. The van der Waals surface area contributed by atoms with Gasteiger partial charge in [-0.05, 0) is 136 Å². The average molecular weight is 770 g/mol. The van der Waals surface area contributed by atoms with E-state index in [-0.39, 0.29) is 17.5 Å². The third-order valence-corrected chi connectivity index (χ3v) is 13.6. The van der Waals surface area contributed by atoms with E-state index in [1.807, 2.05) is 0 Å². The standard InChI is InChI=1S/C59H47N/c1-37-33-53(44-18-14-17-42(34-44)39-15-6-5-7-16-39)38(2)58(41-27-25-40(26-28-41)43-29-32-52-51-23-12-13-24-55(51)59(3,4)56(52)36-43)60-57(37)45-30-31-50-48-21-9-8-19-46(48)47-20-10-11-22-49(47)54(50)35-45/h5-32,34-36,57-58,60H,1,33H2,2-4H3. The van der Waals surface area contributed by atoms with Crippen LogP contribution in [-0.2, 0) is 5.41 Å². The summed E-state index contributed by atoms with van der Waals surface area (Å²) in [5, 5.41) is 11.9. The van der Waals surface area contributed by atoms with Crippen LogP contribution < -0.4 is 5.32 Å². The second-order valence-corrected chi connectivity index (χ2v) is 17.4. The zero-order valence-electron chi connectivity index (χ0n) is 34.5. The lowest BCUT2D eigenvalue weighted by atomic mass is 9.81. The van der Waals surface area contributed by atoms with E-state index >= 15 is 0 Å².